The van der Waals surface area contributed by atoms with Crippen LogP contribution in [0.3, 0.4) is 0 Å². The van der Waals surface area contributed by atoms with Crippen LogP contribution in [-0.2, 0) is 6.42 Å². The summed E-state index contributed by atoms with van der Waals surface area (Å²) in [5.74, 6) is 1.43. The van der Waals surface area contributed by atoms with Crippen molar-refractivity contribution in [3.8, 4) is 5.75 Å². The quantitative estimate of drug-likeness (QED) is 0.852. The van der Waals surface area contributed by atoms with Crippen molar-refractivity contribution in [2.45, 2.75) is 6.42 Å². The Balaban J connectivity index is 2.14. The minimum Gasteiger partial charge on any atom is -0.497 e. The molecule has 0 atom stereocenters. The number of anilines is 1. The Kier molecular flexibility index (Phi) is 3.05. The highest BCUT2D eigenvalue weighted by Crippen LogP contribution is 2.15. The lowest BCUT2D eigenvalue weighted by atomic mass is 10.1. The number of methoxy groups -OCH3 is 1. The second kappa shape index (κ2) is 4.66. The first-order chi connectivity index (χ1) is 7.78. The van der Waals surface area contributed by atoms with E-state index in [2.05, 4.69) is 17.1 Å². The van der Waals surface area contributed by atoms with Gasteiger partial charge in [0.1, 0.15) is 11.6 Å². The van der Waals surface area contributed by atoms with Crippen molar-refractivity contribution in [2.75, 3.05) is 12.8 Å². The summed E-state index contributed by atoms with van der Waals surface area (Å²) >= 11 is 0. The van der Waals surface area contributed by atoms with E-state index in [1.165, 1.54) is 5.56 Å². The van der Waals surface area contributed by atoms with Crippen LogP contribution in [0.5, 0.6) is 5.75 Å². The monoisotopic (exact) mass is 214 g/mol. The Labute approximate surface area is 94.9 Å². The SMILES string of the molecule is COc1ccc(Cc2ccnc(N)c2)cc1. The van der Waals surface area contributed by atoms with Crippen molar-refractivity contribution in [3.63, 3.8) is 0 Å². The largest absolute Gasteiger partial charge is 0.497 e. The molecule has 0 aliphatic carbocycles. The number of rotatable bonds is 3. The molecule has 2 N–H and O–H groups in total. The summed E-state index contributed by atoms with van der Waals surface area (Å²) in [5, 5.41) is 0. The molecule has 1 heterocycles. The lowest BCUT2D eigenvalue weighted by Crippen LogP contribution is -1.93. The zero-order valence-corrected chi connectivity index (χ0v) is 9.18. The van der Waals surface area contributed by atoms with E-state index in [1.807, 2.05) is 24.3 Å². The molecule has 0 aliphatic rings. The maximum Gasteiger partial charge on any atom is 0.123 e. The Morgan fingerprint density at radius 1 is 1.12 bits per heavy atom. The second-order valence-electron chi connectivity index (χ2n) is 3.61. The fourth-order valence-electron chi connectivity index (χ4n) is 1.58. The fourth-order valence-corrected chi connectivity index (χ4v) is 1.58. The number of aromatic nitrogens is 1. The third-order valence-corrected chi connectivity index (χ3v) is 2.41. The molecular weight excluding hydrogens is 200 g/mol. The van der Waals surface area contributed by atoms with E-state index >= 15 is 0 Å². The average Bonchev–Trinajstić information content (AvgIpc) is 2.30. The normalized spacial score (nSPS) is 10.1. The lowest BCUT2D eigenvalue weighted by molar-refractivity contribution is 0.414. The Hall–Kier alpha value is -2.03. The standard InChI is InChI=1S/C13H14N2O/c1-16-12-4-2-10(3-5-12)8-11-6-7-15-13(14)9-11/h2-7,9H,8H2,1H3,(H2,14,15). The molecule has 0 radical (unpaired) electrons. The average molecular weight is 214 g/mol. The highest BCUT2D eigenvalue weighted by atomic mass is 16.5. The van der Waals surface area contributed by atoms with Crippen LogP contribution in [-0.4, -0.2) is 12.1 Å². The summed E-state index contributed by atoms with van der Waals surface area (Å²) in [6.07, 6.45) is 2.59. The molecule has 0 fully saturated rings. The van der Waals surface area contributed by atoms with Gasteiger partial charge in [0.2, 0.25) is 0 Å². The van der Waals surface area contributed by atoms with E-state index < -0.39 is 0 Å². The maximum atomic E-state index is 5.63. The Bertz CT molecular complexity index is 466. The van der Waals surface area contributed by atoms with Crippen molar-refractivity contribution < 1.29 is 4.74 Å². The molecule has 2 aromatic rings. The van der Waals surface area contributed by atoms with Crippen molar-refractivity contribution in [1.82, 2.24) is 4.98 Å². The molecule has 0 saturated carbocycles. The molecule has 0 amide bonds. The Morgan fingerprint density at radius 3 is 2.50 bits per heavy atom. The van der Waals surface area contributed by atoms with E-state index in [9.17, 15) is 0 Å². The molecule has 0 bridgehead atoms. The molecule has 0 unspecified atom stereocenters. The van der Waals surface area contributed by atoms with Gasteiger partial charge in [-0.15, -0.1) is 0 Å². The molecule has 16 heavy (non-hydrogen) atoms. The van der Waals surface area contributed by atoms with E-state index in [0.717, 1.165) is 17.7 Å². The summed E-state index contributed by atoms with van der Waals surface area (Å²) in [7, 11) is 1.67. The van der Waals surface area contributed by atoms with Crippen LogP contribution in [0, 0.1) is 0 Å². The predicted octanol–water partition coefficient (Wildman–Crippen LogP) is 2.26. The number of hydrogen-bond acceptors (Lipinski definition) is 3. The van der Waals surface area contributed by atoms with Gasteiger partial charge in [0, 0.05) is 6.20 Å². The summed E-state index contributed by atoms with van der Waals surface area (Å²) in [6, 6.07) is 11.9. The molecule has 0 spiro atoms. The summed E-state index contributed by atoms with van der Waals surface area (Å²) < 4.78 is 5.11. The first-order valence-electron chi connectivity index (χ1n) is 5.11. The molecule has 1 aromatic carbocycles. The second-order valence-corrected chi connectivity index (χ2v) is 3.61. The van der Waals surface area contributed by atoms with Crippen molar-refractivity contribution in [3.05, 3.63) is 53.7 Å². The van der Waals surface area contributed by atoms with Gasteiger partial charge in [0.25, 0.3) is 0 Å². The van der Waals surface area contributed by atoms with Gasteiger partial charge in [-0.25, -0.2) is 4.98 Å². The van der Waals surface area contributed by atoms with Gasteiger partial charge in [0.05, 0.1) is 7.11 Å². The topological polar surface area (TPSA) is 48.1 Å². The Morgan fingerprint density at radius 2 is 1.88 bits per heavy atom. The molecular formula is C13H14N2O. The summed E-state index contributed by atoms with van der Waals surface area (Å²) in [5.41, 5.74) is 8.02. The molecule has 3 heteroatoms. The van der Waals surface area contributed by atoms with E-state index in [4.69, 9.17) is 10.5 Å². The number of ether oxygens (including phenoxy) is 1. The van der Waals surface area contributed by atoms with Gasteiger partial charge < -0.3 is 10.5 Å². The highest BCUT2D eigenvalue weighted by molar-refractivity contribution is 5.36. The van der Waals surface area contributed by atoms with Crippen LogP contribution in [0.4, 0.5) is 5.82 Å². The fraction of sp³-hybridized carbons (Fsp3) is 0.154. The number of pyridine rings is 1. The third kappa shape index (κ3) is 2.51. The van der Waals surface area contributed by atoms with Gasteiger partial charge in [-0.3, -0.25) is 0 Å². The summed E-state index contributed by atoms with van der Waals surface area (Å²) in [6.45, 7) is 0. The molecule has 0 aliphatic heterocycles. The zero-order chi connectivity index (χ0) is 11.4. The minimum absolute atomic E-state index is 0.561. The predicted molar refractivity (Wildman–Crippen MR) is 64.4 cm³/mol. The van der Waals surface area contributed by atoms with Gasteiger partial charge in [-0.2, -0.15) is 0 Å². The third-order valence-electron chi connectivity index (χ3n) is 2.41. The first-order valence-corrected chi connectivity index (χ1v) is 5.11. The number of hydrogen-bond donors (Lipinski definition) is 1. The number of nitrogens with two attached hydrogens (primary N) is 1. The molecule has 3 nitrogen and oxygen atoms in total. The molecule has 1 aromatic heterocycles. The van der Waals surface area contributed by atoms with Crippen LogP contribution >= 0.6 is 0 Å². The zero-order valence-electron chi connectivity index (χ0n) is 9.18. The van der Waals surface area contributed by atoms with Gasteiger partial charge in [-0.05, 0) is 41.8 Å². The van der Waals surface area contributed by atoms with E-state index in [-0.39, 0.29) is 0 Å². The smallest absolute Gasteiger partial charge is 0.123 e. The van der Waals surface area contributed by atoms with E-state index in [1.54, 1.807) is 13.3 Å². The van der Waals surface area contributed by atoms with Crippen molar-refractivity contribution in [2.24, 2.45) is 0 Å². The van der Waals surface area contributed by atoms with Gasteiger partial charge in [-0.1, -0.05) is 12.1 Å². The van der Waals surface area contributed by atoms with Crippen molar-refractivity contribution in [1.29, 1.82) is 0 Å². The lowest BCUT2D eigenvalue weighted by Gasteiger charge is -2.04. The van der Waals surface area contributed by atoms with Crippen LogP contribution < -0.4 is 10.5 Å². The van der Waals surface area contributed by atoms with Crippen LogP contribution in [0.2, 0.25) is 0 Å². The number of nitrogen functional groups attached to an aromatic ring is 1. The molecule has 0 saturated heterocycles. The van der Waals surface area contributed by atoms with Crippen molar-refractivity contribution >= 4 is 5.82 Å². The minimum atomic E-state index is 0.561. The highest BCUT2D eigenvalue weighted by Gasteiger charge is 1.98. The number of nitrogens with zero attached hydrogens (tertiary/aromatic N) is 1. The number of benzene rings is 1. The van der Waals surface area contributed by atoms with Crippen LogP contribution in [0.25, 0.3) is 0 Å². The molecule has 2 rings (SSSR count). The first kappa shape index (κ1) is 10.5. The van der Waals surface area contributed by atoms with Crippen LogP contribution in [0.1, 0.15) is 11.1 Å². The maximum absolute atomic E-state index is 5.63. The summed E-state index contributed by atoms with van der Waals surface area (Å²) in [4.78, 5) is 3.97. The van der Waals surface area contributed by atoms with E-state index in [0.29, 0.717) is 5.82 Å². The molecule has 82 valence electrons. The van der Waals surface area contributed by atoms with Gasteiger partial charge in [0.15, 0.2) is 0 Å². The van der Waals surface area contributed by atoms with Gasteiger partial charge >= 0.3 is 0 Å². The van der Waals surface area contributed by atoms with Crippen LogP contribution in [0.15, 0.2) is 42.6 Å².